The van der Waals surface area contributed by atoms with Crippen molar-refractivity contribution >= 4 is 33.8 Å². The van der Waals surface area contributed by atoms with Crippen LogP contribution in [0.25, 0.3) is 11.3 Å². The Labute approximate surface area is 199 Å². The van der Waals surface area contributed by atoms with Gasteiger partial charge in [-0.25, -0.2) is 4.98 Å². The Kier molecular flexibility index (Phi) is 6.33. The van der Waals surface area contributed by atoms with Crippen molar-refractivity contribution in [1.29, 1.82) is 0 Å². The Balaban J connectivity index is 1.23. The summed E-state index contributed by atoms with van der Waals surface area (Å²) in [6.45, 7) is 6.94. The lowest BCUT2D eigenvalue weighted by molar-refractivity contribution is -0.00521. The first-order chi connectivity index (χ1) is 16.0. The van der Waals surface area contributed by atoms with Gasteiger partial charge in [0.05, 0.1) is 17.9 Å². The number of hydrogen-bond donors (Lipinski definition) is 2. The molecule has 1 amide bonds. The van der Waals surface area contributed by atoms with Crippen LogP contribution in [0.1, 0.15) is 37.0 Å². The second kappa shape index (κ2) is 9.53. The maximum absolute atomic E-state index is 12.9. The highest BCUT2D eigenvalue weighted by molar-refractivity contribution is 7.14. The Morgan fingerprint density at radius 3 is 2.61 bits per heavy atom. The van der Waals surface area contributed by atoms with E-state index in [1.54, 1.807) is 11.3 Å². The predicted octanol–water partition coefficient (Wildman–Crippen LogP) is 5.50. The van der Waals surface area contributed by atoms with Crippen LogP contribution in [0.5, 0.6) is 0 Å². The molecule has 2 aromatic carbocycles. The number of amides is 1. The molecule has 2 aliphatic rings. The number of anilines is 3. The predicted molar refractivity (Wildman–Crippen MR) is 135 cm³/mol. The van der Waals surface area contributed by atoms with Gasteiger partial charge in [-0.1, -0.05) is 12.1 Å². The molecule has 2 heterocycles. The van der Waals surface area contributed by atoms with Gasteiger partial charge in [-0.15, -0.1) is 11.3 Å². The van der Waals surface area contributed by atoms with Crippen molar-refractivity contribution in [3.05, 3.63) is 59.5 Å². The summed E-state index contributed by atoms with van der Waals surface area (Å²) in [5.74, 6) is 0.681. The molecule has 1 aliphatic carbocycles. The molecule has 2 fully saturated rings. The van der Waals surface area contributed by atoms with E-state index in [1.807, 2.05) is 41.8 Å². The van der Waals surface area contributed by atoms with Crippen molar-refractivity contribution in [2.75, 3.05) is 35.2 Å². The standard InChI is InChI=1S/C26H30N4O2S/c1-17-14-30(15-18(2)32-17)23-10-8-22(9-11-23)28-25(31)21-5-3-4-20(12-21)24-16-33-26(29-24)27-13-19-6-7-19/h3-5,8-12,16-19H,6-7,13-15H2,1-2H3,(H,27,29)(H,28,31)/t17-,18+. The fourth-order valence-corrected chi connectivity index (χ4v) is 4.94. The van der Waals surface area contributed by atoms with Crippen LogP contribution >= 0.6 is 11.3 Å². The lowest BCUT2D eigenvalue weighted by Crippen LogP contribution is -2.45. The van der Waals surface area contributed by atoms with E-state index in [0.29, 0.717) is 5.56 Å². The molecule has 6 nitrogen and oxygen atoms in total. The van der Waals surface area contributed by atoms with Crippen molar-refractivity contribution in [1.82, 2.24) is 4.98 Å². The van der Waals surface area contributed by atoms with Crippen LogP contribution in [0.2, 0.25) is 0 Å². The van der Waals surface area contributed by atoms with Crippen molar-refractivity contribution in [3.8, 4) is 11.3 Å². The number of carbonyl (C=O) groups excluding carboxylic acids is 1. The molecule has 0 spiro atoms. The number of ether oxygens (including phenoxy) is 1. The van der Waals surface area contributed by atoms with Gasteiger partial charge in [-0.05, 0) is 69.0 Å². The molecule has 0 radical (unpaired) electrons. The SMILES string of the molecule is C[C@@H]1CN(c2ccc(NC(=O)c3cccc(-c4csc(NCC5CC5)n4)c3)cc2)C[C@H](C)O1. The monoisotopic (exact) mass is 462 g/mol. The molecule has 1 aromatic heterocycles. The number of benzene rings is 2. The van der Waals surface area contributed by atoms with Gasteiger partial charge < -0.3 is 20.3 Å². The number of morpholine rings is 1. The minimum absolute atomic E-state index is 0.125. The molecule has 0 bridgehead atoms. The molecule has 2 N–H and O–H groups in total. The van der Waals surface area contributed by atoms with Crippen LogP contribution in [0.4, 0.5) is 16.5 Å². The van der Waals surface area contributed by atoms with Crippen LogP contribution in [-0.4, -0.2) is 42.7 Å². The fourth-order valence-electron chi connectivity index (χ4n) is 4.21. The van der Waals surface area contributed by atoms with Crippen LogP contribution in [0, 0.1) is 5.92 Å². The molecule has 172 valence electrons. The first-order valence-electron chi connectivity index (χ1n) is 11.6. The number of carbonyl (C=O) groups is 1. The summed E-state index contributed by atoms with van der Waals surface area (Å²) < 4.78 is 5.82. The van der Waals surface area contributed by atoms with Crippen LogP contribution in [0.3, 0.4) is 0 Å². The molecule has 33 heavy (non-hydrogen) atoms. The number of hydrogen-bond acceptors (Lipinski definition) is 6. The number of thiazole rings is 1. The van der Waals surface area contributed by atoms with Crippen molar-refractivity contribution in [2.45, 2.75) is 38.9 Å². The zero-order chi connectivity index (χ0) is 22.8. The summed E-state index contributed by atoms with van der Waals surface area (Å²) in [5, 5.41) is 9.42. The van der Waals surface area contributed by atoms with Gasteiger partial charge >= 0.3 is 0 Å². The first kappa shape index (κ1) is 21.9. The zero-order valence-electron chi connectivity index (χ0n) is 19.1. The van der Waals surface area contributed by atoms with Crippen LogP contribution in [-0.2, 0) is 4.74 Å². The van der Waals surface area contributed by atoms with Gasteiger partial charge in [0.25, 0.3) is 5.91 Å². The lowest BCUT2D eigenvalue weighted by atomic mass is 10.1. The second-order valence-corrected chi connectivity index (χ2v) is 9.96. The third-order valence-corrected chi connectivity index (χ3v) is 6.87. The van der Waals surface area contributed by atoms with Gasteiger partial charge in [0.2, 0.25) is 0 Å². The maximum Gasteiger partial charge on any atom is 0.255 e. The topological polar surface area (TPSA) is 66.5 Å². The summed E-state index contributed by atoms with van der Waals surface area (Å²) >= 11 is 1.61. The van der Waals surface area contributed by atoms with E-state index < -0.39 is 0 Å². The highest BCUT2D eigenvalue weighted by atomic mass is 32.1. The summed E-state index contributed by atoms with van der Waals surface area (Å²) in [6.07, 6.45) is 3.05. The summed E-state index contributed by atoms with van der Waals surface area (Å²) in [7, 11) is 0. The molecular weight excluding hydrogens is 432 g/mol. The van der Waals surface area contributed by atoms with E-state index >= 15 is 0 Å². The Bertz CT molecular complexity index is 1100. The molecular formula is C26H30N4O2S. The average molecular weight is 463 g/mol. The Hall–Kier alpha value is -2.90. The molecule has 1 saturated carbocycles. The quantitative estimate of drug-likeness (QED) is 0.485. The lowest BCUT2D eigenvalue weighted by Gasteiger charge is -2.36. The average Bonchev–Trinajstić information content (AvgIpc) is 3.53. The second-order valence-electron chi connectivity index (χ2n) is 9.11. The van der Waals surface area contributed by atoms with Gasteiger partial charge in [0.15, 0.2) is 5.13 Å². The summed E-state index contributed by atoms with van der Waals surface area (Å²) in [4.78, 5) is 19.9. The first-order valence-corrected chi connectivity index (χ1v) is 12.5. The van der Waals surface area contributed by atoms with Crippen molar-refractivity contribution in [3.63, 3.8) is 0 Å². The highest BCUT2D eigenvalue weighted by Gasteiger charge is 2.23. The van der Waals surface area contributed by atoms with Gasteiger partial charge in [0.1, 0.15) is 0 Å². The zero-order valence-corrected chi connectivity index (χ0v) is 19.9. The van der Waals surface area contributed by atoms with E-state index in [9.17, 15) is 4.79 Å². The van der Waals surface area contributed by atoms with Gasteiger partial charge in [-0.3, -0.25) is 4.79 Å². The normalized spacial score (nSPS) is 20.5. The molecule has 1 saturated heterocycles. The minimum Gasteiger partial charge on any atom is -0.372 e. The number of aromatic nitrogens is 1. The van der Waals surface area contributed by atoms with E-state index in [0.717, 1.165) is 53.3 Å². The smallest absolute Gasteiger partial charge is 0.255 e. The van der Waals surface area contributed by atoms with E-state index in [-0.39, 0.29) is 18.1 Å². The van der Waals surface area contributed by atoms with Gasteiger partial charge in [0, 0.05) is 47.5 Å². The maximum atomic E-state index is 12.9. The fraction of sp³-hybridized carbons (Fsp3) is 0.385. The third kappa shape index (κ3) is 5.54. The molecule has 5 rings (SSSR count). The number of nitrogens with zero attached hydrogens (tertiary/aromatic N) is 2. The highest BCUT2D eigenvalue weighted by Crippen LogP contribution is 2.31. The molecule has 3 aromatic rings. The van der Waals surface area contributed by atoms with Crippen LogP contribution < -0.4 is 15.5 Å². The molecule has 2 atom stereocenters. The Morgan fingerprint density at radius 1 is 1.12 bits per heavy atom. The minimum atomic E-state index is -0.125. The van der Waals surface area contributed by atoms with E-state index in [1.165, 1.54) is 12.8 Å². The molecule has 1 aliphatic heterocycles. The summed E-state index contributed by atoms with van der Waals surface area (Å²) in [5.41, 5.74) is 4.39. The van der Waals surface area contributed by atoms with Crippen LogP contribution in [0.15, 0.2) is 53.9 Å². The Morgan fingerprint density at radius 2 is 1.88 bits per heavy atom. The molecule has 7 heteroatoms. The third-order valence-electron chi connectivity index (χ3n) is 6.07. The number of nitrogens with one attached hydrogen (secondary N) is 2. The largest absolute Gasteiger partial charge is 0.372 e. The van der Waals surface area contributed by atoms with E-state index in [4.69, 9.17) is 9.72 Å². The van der Waals surface area contributed by atoms with Gasteiger partial charge in [-0.2, -0.15) is 0 Å². The summed E-state index contributed by atoms with van der Waals surface area (Å²) in [6, 6.07) is 15.7. The van der Waals surface area contributed by atoms with Crippen molar-refractivity contribution in [2.24, 2.45) is 5.92 Å². The molecule has 0 unspecified atom stereocenters. The number of rotatable bonds is 7. The van der Waals surface area contributed by atoms with Crippen molar-refractivity contribution < 1.29 is 9.53 Å². The van der Waals surface area contributed by atoms with E-state index in [2.05, 4.69) is 41.5 Å².